The van der Waals surface area contributed by atoms with Crippen LogP contribution < -0.4 is 11.1 Å². The van der Waals surface area contributed by atoms with Gasteiger partial charge in [0.2, 0.25) is 0 Å². The summed E-state index contributed by atoms with van der Waals surface area (Å²) in [6, 6.07) is 4.11. The van der Waals surface area contributed by atoms with E-state index in [1.165, 1.54) is 23.0 Å². The molecule has 0 bridgehead atoms. The lowest BCUT2D eigenvalue weighted by Gasteiger charge is -2.08. The second-order valence-corrected chi connectivity index (χ2v) is 4.81. The van der Waals surface area contributed by atoms with Crippen LogP contribution in [0.25, 0.3) is 0 Å². The normalized spacial score (nSPS) is 10.3. The number of hydrogen-bond donors (Lipinski definition) is 2. The zero-order chi connectivity index (χ0) is 14.9. The smallest absolute Gasteiger partial charge is 0.256 e. The lowest BCUT2D eigenvalue weighted by atomic mass is 10.1. The highest BCUT2D eigenvalue weighted by molar-refractivity contribution is 7.80. The minimum absolute atomic E-state index is 0.129. The van der Waals surface area contributed by atoms with Crippen LogP contribution in [0, 0.1) is 12.7 Å². The summed E-state index contributed by atoms with van der Waals surface area (Å²) in [6.45, 7) is 1.71. The number of nitrogens with zero attached hydrogens (tertiary/aromatic N) is 2. The molecule has 20 heavy (non-hydrogen) atoms. The molecule has 0 radical (unpaired) electrons. The summed E-state index contributed by atoms with van der Waals surface area (Å²) >= 11 is 4.89. The van der Waals surface area contributed by atoms with Gasteiger partial charge in [0.1, 0.15) is 16.6 Å². The molecule has 0 aliphatic rings. The number of anilines is 1. The highest BCUT2D eigenvalue weighted by Crippen LogP contribution is 2.16. The van der Waals surface area contributed by atoms with Crippen LogP contribution in [0.3, 0.4) is 0 Å². The Kier molecular flexibility index (Phi) is 3.80. The third kappa shape index (κ3) is 2.83. The Morgan fingerprint density at radius 1 is 1.45 bits per heavy atom. The van der Waals surface area contributed by atoms with Crippen molar-refractivity contribution in [1.82, 2.24) is 9.78 Å². The number of thiocarbonyl (C=S) groups is 1. The third-order valence-corrected chi connectivity index (χ3v) is 2.96. The summed E-state index contributed by atoms with van der Waals surface area (Å²) < 4.78 is 14.8. The summed E-state index contributed by atoms with van der Waals surface area (Å²) in [5.41, 5.74) is 6.90. The lowest BCUT2D eigenvalue weighted by molar-refractivity contribution is 0.102. The molecular weight excluding hydrogens is 279 g/mol. The molecule has 0 fully saturated rings. The molecule has 0 saturated heterocycles. The molecule has 3 N–H and O–H groups in total. The van der Waals surface area contributed by atoms with Gasteiger partial charge in [-0.15, -0.1) is 0 Å². The number of halogens is 1. The Morgan fingerprint density at radius 3 is 2.75 bits per heavy atom. The van der Waals surface area contributed by atoms with Crippen molar-refractivity contribution in [2.24, 2.45) is 12.8 Å². The maximum atomic E-state index is 13.3. The van der Waals surface area contributed by atoms with Crippen LogP contribution in [-0.4, -0.2) is 20.7 Å². The highest BCUT2D eigenvalue weighted by Gasteiger charge is 2.15. The number of hydrogen-bond acceptors (Lipinski definition) is 3. The van der Waals surface area contributed by atoms with Gasteiger partial charge in [0.25, 0.3) is 5.91 Å². The van der Waals surface area contributed by atoms with E-state index in [0.717, 1.165) is 0 Å². The molecule has 5 nitrogen and oxygen atoms in total. The molecule has 1 aromatic heterocycles. The Bertz CT molecular complexity index is 675. The molecular formula is C13H13FN4OS. The summed E-state index contributed by atoms with van der Waals surface area (Å²) in [5.74, 6) is -0.534. The van der Waals surface area contributed by atoms with Crippen molar-refractivity contribution in [2.75, 3.05) is 5.32 Å². The highest BCUT2D eigenvalue weighted by atomic mass is 32.1. The van der Waals surface area contributed by atoms with Gasteiger partial charge in [-0.05, 0) is 30.7 Å². The van der Waals surface area contributed by atoms with Crippen LogP contribution >= 0.6 is 12.2 Å². The Hall–Kier alpha value is -2.28. The summed E-state index contributed by atoms with van der Waals surface area (Å²) in [4.78, 5) is 12.3. The standard InChI is InChI=1S/C13H13FN4OS/c1-7-3-8(5-9(14)4-7)13(19)17-12-10(11(15)20)6-16-18(12)2/h3-6H,1-2H3,(H2,15,20)(H,17,19). The molecule has 0 unspecified atom stereocenters. The molecule has 0 atom stereocenters. The van der Waals surface area contributed by atoms with Crippen LogP contribution in [0.4, 0.5) is 10.2 Å². The average Bonchev–Trinajstić information content (AvgIpc) is 2.70. The number of aryl methyl sites for hydroxylation is 2. The number of nitrogens with one attached hydrogen (secondary N) is 1. The fourth-order valence-corrected chi connectivity index (χ4v) is 1.96. The van der Waals surface area contributed by atoms with Gasteiger partial charge in [0, 0.05) is 12.6 Å². The predicted octanol–water partition coefficient (Wildman–Crippen LogP) is 1.75. The number of carbonyl (C=O) groups is 1. The minimum atomic E-state index is -0.463. The molecule has 104 valence electrons. The van der Waals surface area contributed by atoms with Crippen LogP contribution in [0.15, 0.2) is 24.4 Å². The van der Waals surface area contributed by atoms with Gasteiger partial charge in [0.05, 0.1) is 11.8 Å². The molecule has 2 aromatic rings. The molecule has 0 spiro atoms. The van der Waals surface area contributed by atoms with E-state index >= 15 is 0 Å². The quantitative estimate of drug-likeness (QED) is 0.845. The number of rotatable bonds is 3. The number of benzene rings is 1. The van der Waals surface area contributed by atoms with E-state index in [0.29, 0.717) is 16.9 Å². The van der Waals surface area contributed by atoms with E-state index in [1.54, 1.807) is 20.0 Å². The molecule has 0 saturated carbocycles. The zero-order valence-electron chi connectivity index (χ0n) is 11.0. The van der Waals surface area contributed by atoms with Crippen molar-refractivity contribution >= 4 is 28.9 Å². The summed E-state index contributed by atoms with van der Waals surface area (Å²) in [5, 5.41) is 6.62. The Morgan fingerprint density at radius 2 is 2.15 bits per heavy atom. The van der Waals surface area contributed by atoms with Gasteiger partial charge in [-0.3, -0.25) is 9.48 Å². The Balaban J connectivity index is 2.32. The summed E-state index contributed by atoms with van der Waals surface area (Å²) in [6.07, 6.45) is 1.47. The van der Waals surface area contributed by atoms with Gasteiger partial charge in [-0.2, -0.15) is 5.10 Å². The molecule has 0 aliphatic heterocycles. The van der Waals surface area contributed by atoms with E-state index in [9.17, 15) is 9.18 Å². The van der Waals surface area contributed by atoms with Crippen molar-refractivity contribution in [3.05, 3.63) is 46.9 Å². The second-order valence-electron chi connectivity index (χ2n) is 4.37. The molecule has 2 rings (SSSR count). The fourth-order valence-electron chi connectivity index (χ4n) is 1.81. The van der Waals surface area contributed by atoms with Crippen LogP contribution in [0.5, 0.6) is 0 Å². The van der Waals surface area contributed by atoms with Crippen molar-refractivity contribution in [1.29, 1.82) is 0 Å². The lowest BCUT2D eigenvalue weighted by Crippen LogP contribution is -2.19. The van der Waals surface area contributed by atoms with E-state index in [1.807, 2.05) is 0 Å². The van der Waals surface area contributed by atoms with E-state index in [-0.39, 0.29) is 10.6 Å². The first-order valence-corrected chi connectivity index (χ1v) is 6.19. The monoisotopic (exact) mass is 292 g/mol. The van der Waals surface area contributed by atoms with E-state index < -0.39 is 11.7 Å². The van der Waals surface area contributed by atoms with Gasteiger partial charge in [-0.25, -0.2) is 4.39 Å². The molecule has 1 heterocycles. The third-order valence-electron chi connectivity index (χ3n) is 2.74. The first-order valence-electron chi connectivity index (χ1n) is 5.79. The molecule has 1 amide bonds. The zero-order valence-corrected chi connectivity index (χ0v) is 11.8. The SMILES string of the molecule is Cc1cc(F)cc(C(=O)Nc2c(C(N)=S)cnn2C)c1. The van der Waals surface area contributed by atoms with Gasteiger partial charge in [-0.1, -0.05) is 12.2 Å². The van der Waals surface area contributed by atoms with Gasteiger partial charge >= 0.3 is 0 Å². The number of aromatic nitrogens is 2. The van der Waals surface area contributed by atoms with Crippen molar-refractivity contribution < 1.29 is 9.18 Å². The number of carbonyl (C=O) groups excluding carboxylic acids is 1. The van der Waals surface area contributed by atoms with Gasteiger partial charge < -0.3 is 11.1 Å². The topological polar surface area (TPSA) is 72.9 Å². The fraction of sp³-hybridized carbons (Fsp3) is 0.154. The van der Waals surface area contributed by atoms with Crippen LogP contribution in [-0.2, 0) is 7.05 Å². The molecule has 7 heteroatoms. The maximum absolute atomic E-state index is 13.3. The van der Waals surface area contributed by atoms with E-state index in [2.05, 4.69) is 10.4 Å². The average molecular weight is 292 g/mol. The van der Waals surface area contributed by atoms with Crippen LogP contribution in [0.2, 0.25) is 0 Å². The first-order chi connectivity index (χ1) is 9.38. The van der Waals surface area contributed by atoms with Crippen LogP contribution in [0.1, 0.15) is 21.5 Å². The molecule has 0 aliphatic carbocycles. The predicted molar refractivity (Wildman–Crippen MR) is 78.2 cm³/mol. The largest absolute Gasteiger partial charge is 0.389 e. The number of amides is 1. The molecule has 1 aromatic carbocycles. The first kappa shape index (κ1) is 14.1. The minimum Gasteiger partial charge on any atom is -0.389 e. The Labute approximate surface area is 120 Å². The van der Waals surface area contributed by atoms with Crippen molar-refractivity contribution in [3.63, 3.8) is 0 Å². The number of nitrogens with two attached hydrogens (primary N) is 1. The second kappa shape index (κ2) is 5.38. The van der Waals surface area contributed by atoms with Gasteiger partial charge in [0.15, 0.2) is 0 Å². The van der Waals surface area contributed by atoms with E-state index in [4.69, 9.17) is 18.0 Å². The maximum Gasteiger partial charge on any atom is 0.256 e. The van der Waals surface area contributed by atoms with Crippen molar-refractivity contribution in [3.8, 4) is 0 Å². The van der Waals surface area contributed by atoms with Crippen molar-refractivity contribution in [2.45, 2.75) is 6.92 Å². The summed E-state index contributed by atoms with van der Waals surface area (Å²) in [7, 11) is 1.65.